The number of carbonyl (C=O) groups excluding carboxylic acids is 1. The quantitative estimate of drug-likeness (QED) is 0.905. The highest BCUT2D eigenvalue weighted by atomic mass is 16.1. The highest BCUT2D eigenvalue weighted by molar-refractivity contribution is 5.79. The summed E-state index contributed by atoms with van der Waals surface area (Å²) in [5.41, 5.74) is 3.73. The largest absolute Gasteiger partial charge is 0.349 e. The van der Waals surface area contributed by atoms with E-state index in [9.17, 15) is 4.79 Å². The molecule has 0 radical (unpaired) electrons. The SMILES string of the molecule is O=C(Cc1ccccc1)N[C@H]1CCCc2ccccc21. The summed E-state index contributed by atoms with van der Waals surface area (Å²) >= 11 is 0. The van der Waals surface area contributed by atoms with Gasteiger partial charge in [0.25, 0.3) is 0 Å². The normalized spacial score (nSPS) is 17.3. The van der Waals surface area contributed by atoms with E-state index in [0.29, 0.717) is 6.42 Å². The molecule has 0 saturated heterocycles. The van der Waals surface area contributed by atoms with Crippen LogP contribution < -0.4 is 5.32 Å². The molecule has 0 bridgehead atoms. The number of nitrogens with one attached hydrogen (secondary N) is 1. The van der Waals surface area contributed by atoms with Gasteiger partial charge in [-0.3, -0.25) is 4.79 Å². The van der Waals surface area contributed by atoms with Gasteiger partial charge in [-0.1, -0.05) is 54.6 Å². The maximum Gasteiger partial charge on any atom is 0.224 e. The molecule has 1 amide bonds. The summed E-state index contributed by atoms with van der Waals surface area (Å²) in [6.45, 7) is 0. The summed E-state index contributed by atoms with van der Waals surface area (Å²) in [7, 11) is 0. The van der Waals surface area contributed by atoms with Gasteiger partial charge in [-0.25, -0.2) is 0 Å². The monoisotopic (exact) mass is 265 g/mol. The van der Waals surface area contributed by atoms with Gasteiger partial charge in [0.2, 0.25) is 5.91 Å². The molecule has 1 aliphatic rings. The van der Waals surface area contributed by atoms with Crippen molar-refractivity contribution in [1.29, 1.82) is 0 Å². The van der Waals surface area contributed by atoms with Crippen LogP contribution in [0.2, 0.25) is 0 Å². The summed E-state index contributed by atoms with van der Waals surface area (Å²) < 4.78 is 0. The first-order chi connectivity index (χ1) is 9.83. The molecular weight excluding hydrogens is 246 g/mol. The van der Waals surface area contributed by atoms with Crippen LogP contribution in [0.25, 0.3) is 0 Å². The van der Waals surface area contributed by atoms with Crippen molar-refractivity contribution in [3.8, 4) is 0 Å². The number of aryl methyl sites for hydroxylation is 1. The Morgan fingerprint density at radius 3 is 2.65 bits per heavy atom. The maximum absolute atomic E-state index is 12.2. The Kier molecular flexibility index (Phi) is 3.82. The topological polar surface area (TPSA) is 29.1 Å². The van der Waals surface area contributed by atoms with Gasteiger partial charge in [0.05, 0.1) is 12.5 Å². The molecule has 0 aromatic heterocycles. The molecule has 0 spiro atoms. The minimum Gasteiger partial charge on any atom is -0.349 e. The lowest BCUT2D eigenvalue weighted by Crippen LogP contribution is -2.32. The minimum atomic E-state index is 0.109. The van der Waals surface area contributed by atoms with Crippen molar-refractivity contribution in [2.75, 3.05) is 0 Å². The summed E-state index contributed by atoms with van der Waals surface area (Å²) in [6, 6.07) is 18.5. The van der Waals surface area contributed by atoms with Crippen molar-refractivity contribution >= 4 is 5.91 Å². The minimum absolute atomic E-state index is 0.109. The molecule has 1 atom stereocenters. The third-order valence-electron chi connectivity index (χ3n) is 3.91. The summed E-state index contributed by atoms with van der Waals surface area (Å²) in [5, 5.41) is 3.18. The van der Waals surface area contributed by atoms with Gasteiger partial charge in [0.1, 0.15) is 0 Å². The Morgan fingerprint density at radius 1 is 1.05 bits per heavy atom. The van der Waals surface area contributed by atoms with E-state index >= 15 is 0 Å². The third-order valence-corrected chi connectivity index (χ3v) is 3.91. The van der Waals surface area contributed by atoms with Crippen LogP contribution in [0.3, 0.4) is 0 Å². The highest BCUT2D eigenvalue weighted by Gasteiger charge is 2.21. The molecule has 2 aromatic carbocycles. The molecule has 0 heterocycles. The Bertz CT molecular complexity index is 591. The number of fused-ring (bicyclic) bond motifs is 1. The number of hydrogen-bond acceptors (Lipinski definition) is 1. The van der Waals surface area contributed by atoms with Crippen molar-refractivity contribution in [3.63, 3.8) is 0 Å². The van der Waals surface area contributed by atoms with Crippen molar-refractivity contribution in [3.05, 3.63) is 71.3 Å². The van der Waals surface area contributed by atoms with Gasteiger partial charge < -0.3 is 5.32 Å². The number of carbonyl (C=O) groups is 1. The van der Waals surface area contributed by atoms with Gasteiger partial charge in [-0.05, 0) is 36.0 Å². The number of benzene rings is 2. The highest BCUT2D eigenvalue weighted by Crippen LogP contribution is 2.29. The van der Waals surface area contributed by atoms with Crippen LogP contribution in [0, 0.1) is 0 Å². The van der Waals surface area contributed by atoms with Crippen LogP contribution in [0.4, 0.5) is 0 Å². The van der Waals surface area contributed by atoms with Crippen molar-refractivity contribution < 1.29 is 4.79 Å². The lowest BCUT2D eigenvalue weighted by atomic mass is 9.87. The van der Waals surface area contributed by atoms with E-state index in [0.717, 1.165) is 24.8 Å². The molecule has 20 heavy (non-hydrogen) atoms. The van der Waals surface area contributed by atoms with E-state index in [-0.39, 0.29) is 11.9 Å². The van der Waals surface area contributed by atoms with E-state index in [2.05, 4.69) is 29.6 Å². The molecule has 2 nitrogen and oxygen atoms in total. The predicted octanol–water partition coefficient (Wildman–Crippen LogP) is 3.42. The summed E-state index contributed by atoms with van der Waals surface area (Å²) in [6.07, 6.45) is 3.77. The molecule has 0 aliphatic heterocycles. The average Bonchev–Trinajstić information content (AvgIpc) is 2.48. The molecule has 0 unspecified atom stereocenters. The van der Waals surface area contributed by atoms with Gasteiger partial charge in [-0.2, -0.15) is 0 Å². The third kappa shape index (κ3) is 2.90. The van der Waals surface area contributed by atoms with Crippen LogP contribution in [0.15, 0.2) is 54.6 Å². The first kappa shape index (κ1) is 12.9. The summed E-state index contributed by atoms with van der Waals surface area (Å²) in [4.78, 5) is 12.2. The first-order valence-corrected chi connectivity index (χ1v) is 7.24. The van der Waals surface area contributed by atoms with E-state index in [1.165, 1.54) is 11.1 Å². The lowest BCUT2D eigenvalue weighted by molar-refractivity contribution is -0.121. The molecule has 3 rings (SSSR count). The number of amides is 1. The second-order valence-electron chi connectivity index (χ2n) is 5.37. The van der Waals surface area contributed by atoms with Gasteiger partial charge in [-0.15, -0.1) is 0 Å². The van der Waals surface area contributed by atoms with Crippen molar-refractivity contribution in [2.24, 2.45) is 0 Å². The van der Waals surface area contributed by atoms with E-state index < -0.39 is 0 Å². The van der Waals surface area contributed by atoms with Crippen LogP contribution in [0.5, 0.6) is 0 Å². The van der Waals surface area contributed by atoms with Gasteiger partial charge in [0, 0.05) is 0 Å². The zero-order chi connectivity index (χ0) is 13.8. The van der Waals surface area contributed by atoms with Crippen LogP contribution in [-0.2, 0) is 17.6 Å². The zero-order valence-corrected chi connectivity index (χ0v) is 11.5. The second kappa shape index (κ2) is 5.91. The van der Waals surface area contributed by atoms with Crippen molar-refractivity contribution in [1.82, 2.24) is 5.32 Å². The fourth-order valence-electron chi connectivity index (χ4n) is 2.93. The Balaban J connectivity index is 1.68. The summed E-state index contributed by atoms with van der Waals surface area (Å²) in [5.74, 6) is 0.109. The maximum atomic E-state index is 12.2. The van der Waals surface area contributed by atoms with Crippen LogP contribution >= 0.6 is 0 Å². The van der Waals surface area contributed by atoms with Crippen LogP contribution in [0.1, 0.15) is 35.6 Å². The fourth-order valence-corrected chi connectivity index (χ4v) is 2.93. The Morgan fingerprint density at radius 2 is 1.80 bits per heavy atom. The zero-order valence-electron chi connectivity index (χ0n) is 11.5. The van der Waals surface area contributed by atoms with E-state index in [4.69, 9.17) is 0 Å². The molecule has 0 fully saturated rings. The molecule has 1 N–H and O–H groups in total. The van der Waals surface area contributed by atoms with E-state index in [1.54, 1.807) is 0 Å². The molecule has 0 saturated carbocycles. The van der Waals surface area contributed by atoms with E-state index in [1.807, 2.05) is 30.3 Å². The number of hydrogen-bond donors (Lipinski definition) is 1. The number of rotatable bonds is 3. The molecule has 102 valence electrons. The predicted molar refractivity (Wildman–Crippen MR) is 80.4 cm³/mol. The van der Waals surface area contributed by atoms with Gasteiger partial charge >= 0.3 is 0 Å². The molecular formula is C18H19NO. The Hall–Kier alpha value is -2.09. The standard InChI is InChI=1S/C18H19NO/c20-18(13-14-7-2-1-3-8-14)19-17-12-6-10-15-9-4-5-11-16(15)17/h1-5,7-9,11,17H,6,10,12-13H2,(H,19,20)/t17-/m0/s1. The van der Waals surface area contributed by atoms with Crippen molar-refractivity contribution in [2.45, 2.75) is 31.7 Å². The van der Waals surface area contributed by atoms with Gasteiger partial charge in [0.15, 0.2) is 0 Å². The van der Waals surface area contributed by atoms with Crippen LogP contribution in [-0.4, -0.2) is 5.91 Å². The smallest absolute Gasteiger partial charge is 0.224 e. The molecule has 2 heteroatoms. The Labute approximate surface area is 119 Å². The molecule has 1 aliphatic carbocycles. The lowest BCUT2D eigenvalue weighted by Gasteiger charge is -2.26. The fraction of sp³-hybridized carbons (Fsp3) is 0.278. The molecule has 2 aromatic rings. The first-order valence-electron chi connectivity index (χ1n) is 7.24. The second-order valence-corrected chi connectivity index (χ2v) is 5.37. The average molecular weight is 265 g/mol.